The molecule has 7 nitrogen and oxygen atoms in total. The highest BCUT2D eigenvalue weighted by atomic mass is 16.5. The number of hydrogen-bond donors (Lipinski definition) is 2. The zero-order valence-electron chi connectivity index (χ0n) is 21.4. The van der Waals surface area contributed by atoms with E-state index in [9.17, 15) is 0 Å². The summed E-state index contributed by atoms with van der Waals surface area (Å²) in [5.74, 6) is 3.32. The third kappa shape index (κ3) is 5.74. The van der Waals surface area contributed by atoms with Crippen LogP contribution in [0.1, 0.15) is 70.4 Å². The number of likely N-dealkylation sites (tertiary alicyclic amines) is 1. The predicted molar refractivity (Wildman–Crippen MR) is 137 cm³/mol. The Balaban J connectivity index is 0.00000103. The number of nitrogen functional groups attached to an aromatic ring is 1. The number of carbonyl (C=O) groups is 1. The highest BCUT2D eigenvalue weighted by molar-refractivity contribution is 5.90. The van der Waals surface area contributed by atoms with Gasteiger partial charge in [-0.25, -0.2) is 4.98 Å². The molecule has 2 aromatic rings. The Hall–Kier alpha value is -2.54. The number of ether oxygens (including phenoxy) is 2. The Kier molecular flexibility index (Phi) is 8.63. The van der Waals surface area contributed by atoms with Crippen molar-refractivity contribution >= 4 is 23.2 Å². The van der Waals surface area contributed by atoms with Crippen molar-refractivity contribution in [3.63, 3.8) is 0 Å². The smallest absolute Gasteiger partial charge is 0.290 e. The van der Waals surface area contributed by atoms with Crippen LogP contribution in [-0.4, -0.2) is 54.8 Å². The van der Waals surface area contributed by atoms with Gasteiger partial charge in [0.2, 0.25) is 0 Å². The second-order valence-electron chi connectivity index (χ2n) is 10.6. The zero-order valence-corrected chi connectivity index (χ0v) is 21.4. The van der Waals surface area contributed by atoms with Crippen molar-refractivity contribution in [1.29, 1.82) is 0 Å². The number of nitrogens with zero attached hydrogens (tertiary/aromatic N) is 2. The molecule has 0 radical (unpaired) electrons. The standard InChI is InChI=1S/C26H39N3O2.CH2O2/c1-17(2)13-20-24-18-14-22(30-5)23(31-12-8-11-29-9-6-7-10-29)15-21(18)28-25(27)19(24)16-26(20,3)4;2-1-3/h14-15,17,20H,6-13,16H2,1-5H3,(H2,27,28);1H,(H,2,3). The van der Waals surface area contributed by atoms with Gasteiger partial charge in [-0.15, -0.1) is 0 Å². The van der Waals surface area contributed by atoms with Gasteiger partial charge >= 0.3 is 0 Å². The van der Waals surface area contributed by atoms with Crippen LogP contribution in [-0.2, 0) is 11.2 Å². The van der Waals surface area contributed by atoms with E-state index in [4.69, 9.17) is 30.1 Å². The molecule has 1 fully saturated rings. The molecule has 0 spiro atoms. The molecule has 1 atom stereocenters. The quantitative estimate of drug-likeness (QED) is 0.408. The van der Waals surface area contributed by atoms with Gasteiger partial charge in [-0.3, -0.25) is 4.79 Å². The van der Waals surface area contributed by atoms with Gasteiger partial charge in [0.15, 0.2) is 11.5 Å². The minimum Gasteiger partial charge on any atom is -0.493 e. The van der Waals surface area contributed by atoms with Crippen molar-refractivity contribution in [2.45, 2.75) is 65.7 Å². The molecule has 188 valence electrons. The number of methoxy groups -OCH3 is 1. The maximum Gasteiger partial charge on any atom is 0.290 e. The summed E-state index contributed by atoms with van der Waals surface area (Å²) < 4.78 is 11.9. The molecule has 1 aromatic carbocycles. The van der Waals surface area contributed by atoms with E-state index in [1.807, 2.05) is 6.07 Å². The van der Waals surface area contributed by atoms with E-state index in [0.29, 0.717) is 24.3 Å². The highest BCUT2D eigenvalue weighted by Gasteiger charge is 2.41. The molecule has 1 unspecified atom stereocenters. The van der Waals surface area contributed by atoms with Gasteiger partial charge in [0.1, 0.15) is 5.82 Å². The van der Waals surface area contributed by atoms with E-state index in [2.05, 4.69) is 38.7 Å². The predicted octanol–water partition coefficient (Wildman–Crippen LogP) is 5.10. The SMILES string of the molecule is COc1cc2c3c(c(N)nc2cc1OCCCN1CCCC1)CC(C)(C)C3CC(C)C.O=CO. The number of rotatable bonds is 8. The van der Waals surface area contributed by atoms with Gasteiger partial charge in [-0.1, -0.05) is 27.7 Å². The van der Waals surface area contributed by atoms with Crippen molar-refractivity contribution < 1.29 is 19.4 Å². The summed E-state index contributed by atoms with van der Waals surface area (Å²) in [6.45, 7) is 13.3. The van der Waals surface area contributed by atoms with E-state index in [0.717, 1.165) is 42.8 Å². The lowest BCUT2D eigenvalue weighted by atomic mass is 9.75. The average molecular weight is 472 g/mol. The molecule has 34 heavy (non-hydrogen) atoms. The topological polar surface area (TPSA) is 97.9 Å². The number of carboxylic acid groups (broad SMARTS) is 1. The minimum atomic E-state index is -0.250. The van der Waals surface area contributed by atoms with Gasteiger partial charge in [-0.2, -0.15) is 0 Å². The van der Waals surface area contributed by atoms with E-state index >= 15 is 0 Å². The fourth-order valence-corrected chi connectivity index (χ4v) is 5.57. The largest absolute Gasteiger partial charge is 0.493 e. The van der Waals surface area contributed by atoms with Crippen LogP contribution in [0.2, 0.25) is 0 Å². The van der Waals surface area contributed by atoms with Crippen LogP contribution in [0.5, 0.6) is 11.5 Å². The molecule has 1 aliphatic carbocycles. The van der Waals surface area contributed by atoms with Crippen LogP contribution in [0.3, 0.4) is 0 Å². The fourth-order valence-electron chi connectivity index (χ4n) is 5.57. The monoisotopic (exact) mass is 471 g/mol. The molecule has 2 heterocycles. The first kappa shape index (κ1) is 26.1. The molecule has 1 aromatic heterocycles. The summed E-state index contributed by atoms with van der Waals surface area (Å²) >= 11 is 0. The van der Waals surface area contributed by atoms with Gasteiger partial charge in [0.05, 0.1) is 19.2 Å². The number of nitrogens with two attached hydrogens (primary N) is 1. The van der Waals surface area contributed by atoms with Gasteiger partial charge in [-0.05, 0) is 79.6 Å². The lowest BCUT2D eigenvalue weighted by molar-refractivity contribution is -0.122. The Morgan fingerprint density at radius 3 is 2.56 bits per heavy atom. The van der Waals surface area contributed by atoms with Crippen LogP contribution < -0.4 is 15.2 Å². The zero-order chi connectivity index (χ0) is 24.9. The van der Waals surface area contributed by atoms with E-state index in [-0.39, 0.29) is 11.9 Å². The van der Waals surface area contributed by atoms with Crippen LogP contribution in [0.4, 0.5) is 5.82 Å². The molecular weight excluding hydrogens is 430 g/mol. The Bertz CT molecular complexity index is 984. The van der Waals surface area contributed by atoms with Gasteiger partial charge in [0.25, 0.3) is 6.47 Å². The molecule has 7 heteroatoms. The summed E-state index contributed by atoms with van der Waals surface area (Å²) in [6.07, 6.45) is 5.80. The summed E-state index contributed by atoms with van der Waals surface area (Å²) in [5.41, 5.74) is 10.2. The van der Waals surface area contributed by atoms with Crippen molar-refractivity contribution in [1.82, 2.24) is 9.88 Å². The maximum absolute atomic E-state index is 8.36. The third-order valence-electron chi connectivity index (χ3n) is 7.15. The number of anilines is 1. The van der Waals surface area contributed by atoms with E-state index < -0.39 is 0 Å². The number of aromatic nitrogens is 1. The first-order valence-electron chi connectivity index (χ1n) is 12.4. The molecule has 3 N–H and O–H groups in total. The van der Waals surface area contributed by atoms with Crippen molar-refractivity contribution in [2.24, 2.45) is 11.3 Å². The van der Waals surface area contributed by atoms with E-state index in [1.54, 1.807) is 7.11 Å². The van der Waals surface area contributed by atoms with Gasteiger partial charge < -0.3 is 25.2 Å². The minimum absolute atomic E-state index is 0.175. The molecule has 0 bridgehead atoms. The first-order valence-corrected chi connectivity index (χ1v) is 12.4. The van der Waals surface area contributed by atoms with Crippen LogP contribution in [0.15, 0.2) is 12.1 Å². The molecule has 0 amide bonds. The van der Waals surface area contributed by atoms with Crippen LogP contribution >= 0.6 is 0 Å². The molecule has 4 rings (SSSR count). The summed E-state index contributed by atoms with van der Waals surface area (Å²) in [5, 5.41) is 8.06. The Morgan fingerprint density at radius 2 is 1.94 bits per heavy atom. The normalized spacial score (nSPS) is 19.1. The molecule has 1 aliphatic heterocycles. The Labute approximate surface area is 203 Å². The van der Waals surface area contributed by atoms with Crippen molar-refractivity contribution in [3.05, 3.63) is 23.3 Å². The van der Waals surface area contributed by atoms with Crippen molar-refractivity contribution in [2.75, 3.05) is 39.1 Å². The molecular formula is C27H41N3O4. The Morgan fingerprint density at radius 1 is 1.26 bits per heavy atom. The highest BCUT2D eigenvalue weighted by Crippen LogP contribution is 2.54. The second kappa shape index (κ2) is 11.3. The van der Waals surface area contributed by atoms with Crippen LogP contribution in [0.25, 0.3) is 10.9 Å². The molecule has 0 saturated carbocycles. The lowest BCUT2D eigenvalue weighted by Gasteiger charge is -2.29. The van der Waals surface area contributed by atoms with Crippen molar-refractivity contribution in [3.8, 4) is 11.5 Å². The number of pyridine rings is 1. The van der Waals surface area contributed by atoms with Crippen LogP contribution in [0, 0.1) is 11.3 Å². The van der Waals surface area contributed by atoms with Gasteiger partial charge in [0, 0.05) is 18.0 Å². The third-order valence-corrected chi connectivity index (χ3v) is 7.15. The summed E-state index contributed by atoms with van der Waals surface area (Å²) in [7, 11) is 1.72. The molecule has 1 saturated heterocycles. The second-order valence-corrected chi connectivity index (χ2v) is 10.6. The lowest BCUT2D eigenvalue weighted by Crippen LogP contribution is -2.21. The number of hydrogen-bond acceptors (Lipinski definition) is 6. The summed E-state index contributed by atoms with van der Waals surface area (Å²) in [6, 6.07) is 4.16. The van der Waals surface area contributed by atoms with E-state index in [1.165, 1.54) is 42.4 Å². The summed E-state index contributed by atoms with van der Waals surface area (Å²) in [4.78, 5) is 15.7. The number of fused-ring (bicyclic) bond motifs is 3. The molecule has 2 aliphatic rings. The fraction of sp³-hybridized carbons (Fsp3) is 0.630. The maximum atomic E-state index is 8.36. The average Bonchev–Trinajstić information content (AvgIpc) is 3.38. The number of benzene rings is 1. The first-order chi connectivity index (χ1) is 16.2.